The van der Waals surface area contributed by atoms with E-state index < -0.39 is 5.63 Å². The van der Waals surface area contributed by atoms with Crippen molar-refractivity contribution in [2.75, 3.05) is 0 Å². The minimum absolute atomic E-state index is 0.294. The number of aromatic nitrogens is 2. The van der Waals surface area contributed by atoms with Gasteiger partial charge in [-0.2, -0.15) is 0 Å². The van der Waals surface area contributed by atoms with Gasteiger partial charge in [-0.1, -0.05) is 23.7 Å². The Kier molecular flexibility index (Phi) is 4.31. The van der Waals surface area contributed by atoms with Gasteiger partial charge in [-0.3, -0.25) is 4.52 Å². The van der Waals surface area contributed by atoms with E-state index >= 15 is 0 Å². The van der Waals surface area contributed by atoms with Crippen molar-refractivity contribution in [3.8, 4) is 11.4 Å². The Hall–Kier alpha value is -2.05. The maximum absolute atomic E-state index is 11.3. The summed E-state index contributed by atoms with van der Waals surface area (Å²) in [6, 6.07) is 14.7. The predicted octanol–water partition coefficient (Wildman–Crippen LogP) is 3.24. The van der Waals surface area contributed by atoms with Crippen LogP contribution in [0, 0.1) is 0 Å². The third-order valence-electron chi connectivity index (χ3n) is 3.01. The summed E-state index contributed by atoms with van der Waals surface area (Å²) in [5.74, 6) is 0.723. The van der Waals surface area contributed by atoms with Crippen LogP contribution in [0.25, 0.3) is 5.69 Å². The van der Waals surface area contributed by atoms with Gasteiger partial charge in [-0.05, 0) is 39.8 Å². The number of ether oxygens (including phenoxy) is 1. The maximum atomic E-state index is 11.3. The van der Waals surface area contributed by atoms with Gasteiger partial charge < -0.3 is 4.74 Å². The molecule has 0 fully saturated rings. The summed E-state index contributed by atoms with van der Waals surface area (Å²) in [6.07, 6.45) is 0. The number of hydrogen-bond donors (Lipinski definition) is 1. The van der Waals surface area contributed by atoms with Crippen LogP contribution in [0.3, 0.4) is 0 Å². The summed E-state index contributed by atoms with van der Waals surface area (Å²) < 4.78 is 12.2. The molecule has 5 nitrogen and oxygen atoms in total. The van der Waals surface area contributed by atoms with Gasteiger partial charge in [0, 0.05) is 33.1 Å². The standard InChI is InChI=1S/C15H10BrClN2O3/c16-14-15(20)22-18-19(14)12-5-7-13(8-6-12)21-9-10-1-3-11(17)4-2-10/h1-8H,9H2/p+1. The fourth-order valence-corrected chi connectivity index (χ4v) is 2.35. The Morgan fingerprint density at radius 2 is 1.82 bits per heavy atom. The molecule has 1 heterocycles. The van der Waals surface area contributed by atoms with Gasteiger partial charge >= 0.3 is 10.2 Å². The first-order valence-electron chi connectivity index (χ1n) is 6.40. The molecule has 0 amide bonds. The lowest BCUT2D eigenvalue weighted by molar-refractivity contribution is -0.680. The van der Waals surface area contributed by atoms with E-state index in [9.17, 15) is 4.79 Å². The zero-order chi connectivity index (χ0) is 15.5. The van der Waals surface area contributed by atoms with Crippen molar-refractivity contribution < 1.29 is 13.9 Å². The molecule has 3 rings (SSSR count). The van der Waals surface area contributed by atoms with Crippen LogP contribution in [-0.2, 0) is 6.61 Å². The normalized spacial score (nSPS) is 10.6. The second-order valence-electron chi connectivity index (χ2n) is 4.52. The fourth-order valence-electron chi connectivity index (χ4n) is 1.87. The minimum Gasteiger partial charge on any atom is -0.489 e. The van der Waals surface area contributed by atoms with Crippen LogP contribution in [0.15, 0.2) is 62.5 Å². The van der Waals surface area contributed by atoms with Crippen LogP contribution in [-0.4, -0.2) is 5.27 Å². The average Bonchev–Trinajstić information content (AvgIpc) is 2.87. The van der Waals surface area contributed by atoms with Crippen LogP contribution in [0.5, 0.6) is 5.75 Å². The fraction of sp³-hybridized carbons (Fsp3) is 0.0667. The summed E-state index contributed by atoms with van der Waals surface area (Å²) in [6.45, 7) is 0.454. The van der Waals surface area contributed by atoms with Crippen molar-refractivity contribution in [1.82, 2.24) is 5.27 Å². The van der Waals surface area contributed by atoms with Crippen molar-refractivity contribution >= 4 is 27.5 Å². The molecular weight excluding hydrogens is 372 g/mol. The molecule has 1 aromatic heterocycles. The average molecular weight is 383 g/mol. The lowest BCUT2D eigenvalue weighted by atomic mass is 10.2. The molecule has 0 aliphatic heterocycles. The molecule has 0 bridgehead atoms. The van der Waals surface area contributed by atoms with Gasteiger partial charge in [0.25, 0.3) is 0 Å². The second-order valence-corrected chi connectivity index (χ2v) is 5.70. The predicted molar refractivity (Wildman–Crippen MR) is 84.3 cm³/mol. The van der Waals surface area contributed by atoms with Gasteiger partial charge in [-0.25, -0.2) is 4.79 Å². The van der Waals surface area contributed by atoms with Crippen molar-refractivity contribution in [2.24, 2.45) is 0 Å². The molecule has 0 saturated carbocycles. The molecule has 112 valence electrons. The van der Waals surface area contributed by atoms with E-state index in [1.807, 2.05) is 48.5 Å². The topological polar surface area (TPSA) is 59.1 Å². The Labute approximate surface area is 139 Å². The van der Waals surface area contributed by atoms with E-state index in [2.05, 4.69) is 25.7 Å². The molecular formula is C15H11BrClN2O3+. The number of H-pyrrole nitrogens is 1. The van der Waals surface area contributed by atoms with Gasteiger partial charge in [0.2, 0.25) is 5.69 Å². The smallest absolute Gasteiger partial charge is 0.442 e. The summed E-state index contributed by atoms with van der Waals surface area (Å²) >= 11 is 9.00. The maximum Gasteiger partial charge on any atom is 0.442 e. The van der Waals surface area contributed by atoms with E-state index in [0.29, 0.717) is 16.2 Å². The Bertz CT molecular complexity index is 825. The molecule has 22 heavy (non-hydrogen) atoms. The van der Waals surface area contributed by atoms with Crippen molar-refractivity contribution in [3.63, 3.8) is 0 Å². The highest BCUT2D eigenvalue weighted by atomic mass is 79.9. The first-order chi connectivity index (χ1) is 10.6. The molecule has 0 saturated heterocycles. The zero-order valence-electron chi connectivity index (χ0n) is 11.3. The number of benzene rings is 2. The van der Waals surface area contributed by atoms with Crippen LogP contribution < -0.4 is 15.0 Å². The Balaban J connectivity index is 1.70. The number of halogens is 2. The summed E-state index contributed by atoms with van der Waals surface area (Å²) in [5.41, 5.74) is 1.31. The number of nitrogens with one attached hydrogen (secondary N) is 1. The number of nitrogens with zero attached hydrogens (tertiary/aromatic N) is 1. The molecule has 0 aliphatic rings. The highest BCUT2D eigenvalue weighted by molar-refractivity contribution is 9.10. The number of rotatable bonds is 4. The molecule has 2 aromatic carbocycles. The highest BCUT2D eigenvalue weighted by Crippen LogP contribution is 2.16. The molecule has 0 aliphatic carbocycles. The molecule has 0 unspecified atom stereocenters. The zero-order valence-corrected chi connectivity index (χ0v) is 13.6. The van der Waals surface area contributed by atoms with Crippen LogP contribution in [0.4, 0.5) is 0 Å². The minimum atomic E-state index is -0.469. The molecule has 3 aromatic rings. The third-order valence-corrected chi connectivity index (χ3v) is 3.94. The molecule has 0 spiro atoms. The molecule has 0 atom stereocenters. The SMILES string of the molecule is O=c1o[nH][n+](-c2ccc(OCc3ccc(Cl)cc3)cc2)c1Br. The lowest BCUT2D eigenvalue weighted by Crippen LogP contribution is -2.34. The molecule has 7 heteroatoms. The van der Waals surface area contributed by atoms with E-state index in [-0.39, 0.29) is 0 Å². The first kappa shape index (κ1) is 14.9. The quantitative estimate of drug-likeness (QED) is 0.705. The summed E-state index contributed by atoms with van der Waals surface area (Å²) in [4.78, 5) is 11.3. The second kappa shape index (κ2) is 6.37. The third kappa shape index (κ3) is 3.23. The molecule has 0 radical (unpaired) electrons. The Morgan fingerprint density at radius 1 is 1.14 bits per heavy atom. The van der Waals surface area contributed by atoms with Crippen LogP contribution >= 0.6 is 27.5 Å². The van der Waals surface area contributed by atoms with Gasteiger partial charge in [0.05, 0.1) is 0 Å². The van der Waals surface area contributed by atoms with E-state index in [1.54, 1.807) is 0 Å². The van der Waals surface area contributed by atoms with E-state index in [0.717, 1.165) is 17.0 Å². The van der Waals surface area contributed by atoms with Crippen LogP contribution in [0.1, 0.15) is 5.56 Å². The van der Waals surface area contributed by atoms with Gasteiger partial charge in [0.15, 0.2) is 0 Å². The summed E-state index contributed by atoms with van der Waals surface area (Å²) in [5, 5.41) is 3.20. The largest absolute Gasteiger partial charge is 0.489 e. The lowest BCUT2D eigenvalue weighted by Gasteiger charge is -2.06. The van der Waals surface area contributed by atoms with E-state index in [4.69, 9.17) is 16.3 Å². The highest BCUT2D eigenvalue weighted by Gasteiger charge is 2.19. The summed E-state index contributed by atoms with van der Waals surface area (Å²) in [7, 11) is 0. The Morgan fingerprint density at radius 3 is 2.41 bits per heavy atom. The van der Waals surface area contributed by atoms with Crippen molar-refractivity contribution in [2.45, 2.75) is 6.61 Å². The van der Waals surface area contributed by atoms with Crippen LogP contribution in [0.2, 0.25) is 5.02 Å². The van der Waals surface area contributed by atoms with Gasteiger partial charge in [-0.15, -0.1) is 0 Å². The first-order valence-corrected chi connectivity index (χ1v) is 7.57. The molecule has 1 N–H and O–H groups in total. The van der Waals surface area contributed by atoms with Crippen molar-refractivity contribution in [1.29, 1.82) is 0 Å². The monoisotopic (exact) mass is 381 g/mol. The van der Waals surface area contributed by atoms with E-state index in [1.165, 1.54) is 4.68 Å². The van der Waals surface area contributed by atoms with Crippen molar-refractivity contribution in [3.05, 3.63) is 74.1 Å². The van der Waals surface area contributed by atoms with Gasteiger partial charge in [0.1, 0.15) is 12.4 Å². The number of aromatic amines is 1. The number of hydrogen-bond acceptors (Lipinski definition) is 3.